The second-order valence-corrected chi connectivity index (χ2v) is 8.80. The van der Waals surface area contributed by atoms with Crippen molar-refractivity contribution in [3.63, 3.8) is 0 Å². The van der Waals surface area contributed by atoms with Crippen molar-refractivity contribution in [2.45, 2.75) is 4.90 Å². The van der Waals surface area contributed by atoms with Gasteiger partial charge in [0, 0.05) is 18.6 Å². The minimum Gasteiger partial charge on any atom is -0.258 e. The monoisotopic (exact) mass is 320 g/mol. The first-order chi connectivity index (χ1) is 9.03. The van der Waals surface area contributed by atoms with Crippen LogP contribution in [0, 0.1) is 20.2 Å². The molecule has 0 aliphatic carbocycles. The lowest BCUT2D eigenvalue weighted by Crippen LogP contribution is -2.09. The van der Waals surface area contributed by atoms with Crippen LogP contribution in [-0.2, 0) is 19.6 Å². The average Bonchev–Trinajstić information content (AvgIpc) is 2.24. The Morgan fingerprint density at radius 1 is 1.10 bits per heavy atom. The summed E-state index contributed by atoms with van der Waals surface area (Å²) in [5.41, 5.74) is -1.79. The topological polar surface area (TPSA) is 145 Å². The molecule has 0 aromatic heterocycles. The number of nitro benzene ring substituents is 2. The van der Waals surface area contributed by atoms with Gasteiger partial charge in [-0.2, -0.15) is 8.42 Å². The molecule has 1 aromatic rings. The molecule has 0 N–H and O–H groups in total. The summed E-state index contributed by atoms with van der Waals surface area (Å²) < 4.78 is 31.5. The number of benzene rings is 1. The van der Waals surface area contributed by atoms with Crippen molar-refractivity contribution in [2.24, 2.45) is 8.13 Å². The maximum Gasteiger partial charge on any atom is 0.303 e. The molecule has 0 saturated carbocycles. The first-order valence-electron chi connectivity index (χ1n) is 4.96. The highest BCUT2D eigenvalue weighted by molar-refractivity contribution is 8.04. The highest BCUT2D eigenvalue weighted by Gasteiger charge is 2.33. The second-order valence-electron chi connectivity index (χ2n) is 4.19. The van der Waals surface area contributed by atoms with Gasteiger partial charge in [0.25, 0.3) is 15.7 Å². The fraction of sp³-hybridized carbons (Fsp3) is 0.250. The van der Waals surface area contributed by atoms with Gasteiger partial charge in [-0.15, -0.1) is 3.77 Å². The summed E-state index contributed by atoms with van der Waals surface area (Å²) in [5, 5.41) is 21.7. The van der Waals surface area contributed by atoms with Crippen LogP contribution in [0.2, 0.25) is 0 Å². The molecule has 108 valence electrons. The highest BCUT2D eigenvalue weighted by atomic mass is 32.3. The number of fused-ring (bicyclic) bond motifs is 1. The van der Waals surface area contributed by atoms with E-state index in [4.69, 9.17) is 0 Å². The summed E-state index contributed by atoms with van der Waals surface area (Å²) >= 11 is 0. The van der Waals surface area contributed by atoms with E-state index in [1.54, 1.807) is 0 Å². The van der Waals surface area contributed by atoms with Crippen molar-refractivity contribution in [3.8, 4) is 0 Å². The first-order valence-corrected chi connectivity index (χ1v) is 8.76. The van der Waals surface area contributed by atoms with Crippen LogP contribution in [0.3, 0.4) is 0 Å². The predicted octanol–water partition coefficient (Wildman–Crippen LogP) is 1.62. The van der Waals surface area contributed by atoms with E-state index in [9.17, 15) is 28.6 Å². The molecule has 0 atom stereocenters. The molecule has 20 heavy (non-hydrogen) atoms. The largest absolute Gasteiger partial charge is 0.303 e. The third kappa shape index (κ3) is 2.34. The third-order valence-corrected chi connectivity index (χ3v) is 6.06. The minimum atomic E-state index is -4.20. The number of hydrogen-bond donors (Lipinski definition) is 0. The zero-order chi connectivity index (χ0) is 15.3. The molecule has 0 saturated heterocycles. The summed E-state index contributed by atoms with van der Waals surface area (Å²) in [6.45, 7) is 0. The molecule has 10 nitrogen and oxygen atoms in total. The van der Waals surface area contributed by atoms with Gasteiger partial charge in [-0.05, 0) is 9.62 Å². The summed E-state index contributed by atoms with van der Waals surface area (Å²) in [5.74, 6) is 0. The molecule has 12 heteroatoms. The second kappa shape index (κ2) is 4.21. The summed E-state index contributed by atoms with van der Waals surface area (Å²) in [7, 11) is -6.51. The zero-order valence-corrected chi connectivity index (χ0v) is 11.8. The van der Waals surface area contributed by atoms with Crippen LogP contribution in [0.1, 0.15) is 0 Å². The molecule has 0 amide bonds. The van der Waals surface area contributed by atoms with Gasteiger partial charge in [0.15, 0.2) is 5.69 Å². The van der Waals surface area contributed by atoms with E-state index in [-0.39, 0.29) is 5.69 Å². The predicted molar refractivity (Wildman–Crippen MR) is 70.7 cm³/mol. The Morgan fingerprint density at radius 3 is 2.20 bits per heavy atom. The smallest absolute Gasteiger partial charge is 0.258 e. The number of nitro groups is 2. The number of hydrogen-bond acceptors (Lipinski definition) is 7. The maximum atomic E-state index is 12.0. The van der Waals surface area contributed by atoms with Gasteiger partial charge < -0.3 is 0 Å². The number of nitrogens with zero attached hydrogens (tertiary/aromatic N) is 4. The third-order valence-electron chi connectivity index (χ3n) is 2.32. The molecule has 0 fully saturated rings. The normalized spacial score (nSPS) is 18.3. The van der Waals surface area contributed by atoms with Crippen molar-refractivity contribution in [3.05, 3.63) is 32.4 Å². The Kier molecular flexibility index (Phi) is 3.02. The summed E-state index contributed by atoms with van der Waals surface area (Å²) in [4.78, 5) is 19.3. The first kappa shape index (κ1) is 14.3. The Labute approximate surface area is 113 Å². The van der Waals surface area contributed by atoms with Crippen LogP contribution in [0.4, 0.5) is 17.1 Å². The quantitative estimate of drug-likeness (QED) is 0.597. The molecule has 0 bridgehead atoms. The highest BCUT2D eigenvalue weighted by Crippen LogP contribution is 2.42. The lowest BCUT2D eigenvalue weighted by Gasteiger charge is -2.13. The van der Waals surface area contributed by atoms with Gasteiger partial charge in [0.1, 0.15) is 4.90 Å². The van der Waals surface area contributed by atoms with Crippen LogP contribution >= 0.6 is 0 Å². The van der Waals surface area contributed by atoms with E-state index in [0.717, 1.165) is 6.07 Å². The van der Waals surface area contributed by atoms with Crippen molar-refractivity contribution < 1.29 is 18.3 Å². The van der Waals surface area contributed by atoms with Crippen molar-refractivity contribution in [1.82, 2.24) is 0 Å². The van der Waals surface area contributed by atoms with Crippen molar-refractivity contribution in [1.29, 1.82) is 0 Å². The molecule has 0 unspecified atom stereocenters. The van der Waals surface area contributed by atoms with Gasteiger partial charge in [0.05, 0.1) is 15.9 Å². The fourth-order valence-electron chi connectivity index (χ4n) is 1.63. The minimum absolute atomic E-state index is 0.379. The van der Waals surface area contributed by atoms with Gasteiger partial charge in [-0.25, -0.2) is 4.36 Å². The van der Waals surface area contributed by atoms with E-state index >= 15 is 0 Å². The summed E-state index contributed by atoms with van der Waals surface area (Å²) in [6, 6.07) is 1.43. The molecule has 0 radical (unpaired) electrons. The lowest BCUT2D eigenvalue weighted by atomic mass is 10.2. The van der Waals surface area contributed by atoms with E-state index < -0.39 is 45.8 Å². The number of non-ortho nitro benzene ring substituents is 1. The van der Waals surface area contributed by atoms with Crippen LogP contribution in [0.15, 0.2) is 25.2 Å². The number of rotatable bonds is 2. The molecular weight excluding hydrogens is 312 g/mol. The van der Waals surface area contributed by atoms with Crippen molar-refractivity contribution >= 4 is 36.7 Å². The number of sulfonamides is 1. The molecule has 1 aliphatic heterocycles. The SMILES string of the molecule is CS1(C)=Nc2c([N+](=O)[O-])cc([N+](=O)[O-])cc2S(=O)(=O)N=1. The van der Waals surface area contributed by atoms with Gasteiger partial charge in [0.2, 0.25) is 0 Å². The van der Waals surface area contributed by atoms with Crippen LogP contribution in [0.5, 0.6) is 0 Å². The van der Waals surface area contributed by atoms with E-state index in [0.29, 0.717) is 6.07 Å². The van der Waals surface area contributed by atoms with E-state index in [2.05, 4.69) is 8.13 Å². The maximum absolute atomic E-state index is 12.0. The Hall–Kier alpha value is -2.08. The van der Waals surface area contributed by atoms with Crippen molar-refractivity contribution in [2.75, 3.05) is 12.5 Å². The van der Waals surface area contributed by atoms with Crippen LogP contribution in [-0.4, -0.2) is 30.8 Å². The molecule has 1 aliphatic rings. The van der Waals surface area contributed by atoms with Gasteiger partial charge in [-0.1, -0.05) is 0 Å². The van der Waals surface area contributed by atoms with Crippen LogP contribution < -0.4 is 0 Å². The molecule has 1 heterocycles. The summed E-state index contributed by atoms with van der Waals surface area (Å²) in [6.07, 6.45) is 2.89. The Bertz CT molecular complexity index is 870. The zero-order valence-electron chi connectivity index (χ0n) is 10.2. The molecular formula is C8H8N4O6S2. The van der Waals surface area contributed by atoms with Gasteiger partial charge >= 0.3 is 5.69 Å². The van der Waals surface area contributed by atoms with E-state index in [1.807, 2.05) is 0 Å². The molecule has 1 aromatic carbocycles. The molecule has 2 rings (SSSR count). The fourth-order valence-corrected chi connectivity index (χ4v) is 5.37. The standard InChI is InChI=1S/C8H8N4O6S2/c1-19(2)9-8-6(12(15)16)3-5(11(13)14)4-7(8)20(17,18)10-19/h3-4H,1-2H3. The molecule has 0 spiro atoms. The Morgan fingerprint density at radius 2 is 1.70 bits per heavy atom. The average molecular weight is 320 g/mol. The Balaban J connectivity index is 3.01. The van der Waals surface area contributed by atoms with Crippen LogP contribution in [0.25, 0.3) is 0 Å². The van der Waals surface area contributed by atoms with E-state index in [1.165, 1.54) is 12.5 Å². The lowest BCUT2D eigenvalue weighted by molar-refractivity contribution is -0.394. The van der Waals surface area contributed by atoms with Gasteiger partial charge in [-0.3, -0.25) is 20.2 Å².